The summed E-state index contributed by atoms with van der Waals surface area (Å²) in [6.45, 7) is 10.5. The molecule has 4 nitrogen and oxygen atoms in total. The Kier molecular flexibility index (Phi) is 3.96. The molecule has 1 N–H and O–H groups in total. The van der Waals surface area contributed by atoms with Crippen molar-refractivity contribution in [2.24, 2.45) is 11.3 Å². The number of hydrogen-bond acceptors (Lipinski definition) is 2. The monoisotopic (exact) mass is 304 g/mol. The van der Waals surface area contributed by atoms with Crippen molar-refractivity contribution in [3.63, 3.8) is 0 Å². The summed E-state index contributed by atoms with van der Waals surface area (Å²) >= 11 is 0. The summed E-state index contributed by atoms with van der Waals surface area (Å²) in [4.78, 5) is 14.6. The highest BCUT2D eigenvalue weighted by atomic mass is 16.3. The molecule has 2 aliphatic rings. The van der Waals surface area contributed by atoms with Crippen molar-refractivity contribution in [2.75, 3.05) is 13.1 Å². The van der Waals surface area contributed by atoms with Crippen LogP contribution in [0.2, 0.25) is 0 Å². The van der Waals surface area contributed by atoms with Crippen LogP contribution in [0.4, 0.5) is 4.79 Å². The van der Waals surface area contributed by atoms with Gasteiger partial charge in [0.05, 0.1) is 6.04 Å². The van der Waals surface area contributed by atoms with Crippen molar-refractivity contribution in [3.05, 3.63) is 23.2 Å². The molecule has 1 aromatic heterocycles. The van der Waals surface area contributed by atoms with Gasteiger partial charge in [-0.3, -0.25) is 0 Å². The van der Waals surface area contributed by atoms with Crippen molar-refractivity contribution in [1.29, 1.82) is 0 Å². The maximum atomic E-state index is 12.6. The Morgan fingerprint density at radius 3 is 2.73 bits per heavy atom. The third kappa shape index (κ3) is 3.16. The third-order valence-electron chi connectivity index (χ3n) is 5.10. The molecule has 2 heterocycles. The smallest absolute Gasteiger partial charge is 0.317 e. The minimum atomic E-state index is 0.0723. The van der Waals surface area contributed by atoms with E-state index >= 15 is 0 Å². The summed E-state index contributed by atoms with van der Waals surface area (Å²) in [7, 11) is 0. The first-order chi connectivity index (χ1) is 10.3. The van der Waals surface area contributed by atoms with Gasteiger partial charge in [0, 0.05) is 25.1 Å². The number of furan rings is 1. The molecular formula is C18H28N2O2. The number of carbonyl (C=O) groups excluding carboxylic acids is 1. The van der Waals surface area contributed by atoms with Crippen LogP contribution in [-0.2, 0) is 6.42 Å². The van der Waals surface area contributed by atoms with Crippen LogP contribution in [-0.4, -0.2) is 24.0 Å². The Morgan fingerprint density at radius 2 is 2.05 bits per heavy atom. The molecule has 0 aromatic carbocycles. The van der Waals surface area contributed by atoms with E-state index < -0.39 is 0 Å². The second-order valence-electron chi connectivity index (χ2n) is 7.95. The molecule has 4 heteroatoms. The zero-order valence-corrected chi connectivity index (χ0v) is 14.2. The number of hydrogen-bond donors (Lipinski definition) is 1. The van der Waals surface area contributed by atoms with E-state index in [0.717, 1.165) is 56.2 Å². The van der Waals surface area contributed by atoms with Gasteiger partial charge in [0.15, 0.2) is 0 Å². The molecule has 2 amide bonds. The van der Waals surface area contributed by atoms with Gasteiger partial charge in [-0.1, -0.05) is 20.8 Å². The number of amides is 2. The fourth-order valence-corrected chi connectivity index (χ4v) is 3.77. The predicted octanol–water partition coefficient (Wildman–Crippen LogP) is 4.04. The largest absolute Gasteiger partial charge is 0.466 e. The molecule has 0 radical (unpaired) electrons. The van der Waals surface area contributed by atoms with E-state index in [1.165, 1.54) is 5.56 Å². The number of aryl methyl sites for hydroxylation is 1. The molecule has 1 atom stereocenters. The quantitative estimate of drug-likeness (QED) is 0.851. The first-order valence-corrected chi connectivity index (χ1v) is 8.49. The first kappa shape index (κ1) is 15.4. The summed E-state index contributed by atoms with van der Waals surface area (Å²) in [5.74, 6) is 2.72. The number of piperidine rings is 1. The minimum Gasteiger partial charge on any atom is -0.466 e. The second kappa shape index (κ2) is 5.64. The molecule has 1 aliphatic heterocycles. The summed E-state index contributed by atoms with van der Waals surface area (Å²) in [6.07, 6.45) is 4.14. The fraction of sp³-hybridized carbons (Fsp3) is 0.722. The molecule has 22 heavy (non-hydrogen) atoms. The summed E-state index contributed by atoms with van der Waals surface area (Å²) in [5.41, 5.74) is 1.33. The lowest BCUT2D eigenvalue weighted by Crippen LogP contribution is -2.46. The first-order valence-electron chi connectivity index (χ1n) is 8.49. The van der Waals surface area contributed by atoms with Crippen molar-refractivity contribution >= 4 is 6.03 Å². The molecule has 1 aliphatic carbocycles. The normalized spacial score (nSPS) is 24.9. The molecule has 1 unspecified atom stereocenters. The Labute approximate surface area is 133 Å². The van der Waals surface area contributed by atoms with Crippen LogP contribution in [0.3, 0.4) is 0 Å². The predicted molar refractivity (Wildman–Crippen MR) is 86.8 cm³/mol. The number of carbonyl (C=O) groups is 1. The average molecular weight is 304 g/mol. The third-order valence-corrected chi connectivity index (χ3v) is 5.10. The number of fused-ring (bicyclic) bond motifs is 1. The maximum absolute atomic E-state index is 12.6. The van der Waals surface area contributed by atoms with E-state index in [1.54, 1.807) is 0 Å². The van der Waals surface area contributed by atoms with Crippen LogP contribution in [0.25, 0.3) is 0 Å². The Bertz CT molecular complexity index is 553. The highest BCUT2D eigenvalue weighted by molar-refractivity contribution is 5.75. The molecule has 1 aromatic rings. The summed E-state index contributed by atoms with van der Waals surface area (Å²) in [6, 6.07) is 2.25. The van der Waals surface area contributed by atoms with Crippen LogP contribution in [0.5, 0.6) is 0 Å². The highest BCUT2D eigenvalue weighted by Crippen LogP contribution is 2.42. The fourth-order valence-electron chi connectivity index (χ4n) is 3.77. The summed E-state index contributed by atoms with van der Waals surface area (Å²) < 4.78 is 5.85. The van der Waals surface area contributed by atoms with Crippen LogP contribution < -0.4 is 5.32 Å². The van der Waals surface area contributed by atoms with Crippen molar-refractivity contribution < 1.29 is 9.21 Å². The Morgan fingerprint density at radius 1 is 1.36 bits per heavy atom. The molecular weight excluding hydrogens is 276 g/mol. The standard InChI is InChI=1S/C18H28N2O2/c1-12-5-7-20(8-6-12)17(21)19-15-10-18(3,4)11-16-14(15)9-13(2)22-16/h9,12,15H,5-8,10-11H2,1-4H3,(H,19,21). The van der Waals surface area contributed by atoms with Gasteiger partial charge in [-0.15, -0.1) is 0 Å². The van der Waals surface area contributed by atoms with E-state index in [4.69, 9.17) is 4.42 Å². The van der Waals surface area contributed by atoms with Gasteiger partial charge in [0.1, 0.15) is 11.5 Å². The van der Waals surface area contributed by atoms with Crippen molar-refractivity contribution in [2.45, 2.75) is 59.4 Å². The lowest BCUT2D eigenvalue weighted by Gasteiger charge is -2.37. The van der Waals surface area contributed by atoms with Crippen LogP contribution >= 0.6 is 0 Å². The molecule has 0 bridgehead atoms. The summed E-state index contributed by atoms with van der Waals surface area (Å²) in [5, 5.41) is 3.26. The van der Waals surface area contributed by atoms with E-state index in [9.17, 15) is 4.79 Å². The molecule has 0 spiro atoms. The number of likely N-dealkylation sites (tertiary alicyclic amines) is 1. The van der Waals surface area contributed by atoms with Gasteiger partial charge in [-0.25, -0.2) is 4.79 Å². The van der Waals surface area contributed by atoms with E-state index in [0.29, 0.717) is 0 Å². The minimum absolute atomic E-state index is 0.0723. The highest BCUT2D eigenvalue weighted by Gasteiger charge is 2.36. The Balaban J connectivity index is 1.72. The molecule has 3 rings (SSSR count). The lowest BCUT2D eigenvalue weighted by molar-refractivity contribution is 0.162. The van der Waals surface area contributed by atoms with E-state index in [1.807, 2.05) is 11.8 Å². The number of nitrogens with zero attached hydrogens (tertiary/aromatic N) is 1. The average Bonchev–Trinajstić information content (AvgIpc) is 2.78. The molecule has 1 saturated heterocycles. The number of urea groups is 1. The maximum Gasteiger partial charge on any atom is 0.317 e. The Hall–Kier alpha value is -1.45. The van der Waals surface area contributed by atoms with Gasteiger partial charge in [0.25, 0.3) is 0 Å². The van der Waals surface area contributed by atoms with Gasteiger partial charge in [-0.05, 0) is 43.6 Å². The number of nitrogens with one attached hydrogen (secondary N) is 1. The molecule has 1 fully saturated rings. The van der Waals surface area contributed by atoms with Crippen LogP contribution in [0.15, 0.2) is 10.5 Å². The van der Waals surface area contributed by atoms with Gasteiger partial charge >= 0.3 is 6.03 Å². The van der Waals surface area contributed by atoms with E-state index in [2.05, 4.69) is 32.2 Å². The van der Waals surface area contributed by atoms with E-state index in [-0.39, 0.29) is 17.5 Å². The molecule has 0 saturated carbocycles. The SMILES string of the molecule is Cc1cc2c(o1)CC(C)(C)CC2NC(=O)N1CCC(C)CC1. The zero-order chi connectivity index (χ0) is 15.9. The van der Waals surface area contributed by atoms with Crippen molar-refractivity contribution in [3.8, 4) is 0 Å². The zero-order valence-electron chi connectivity index (χ0n) is 14.2. The van der Waals surface area contributed by atoms with Gasteiger partial charge in [-0.2, -0.15) is 0 Å². The topological polar surface area (TPSA) is 45.5 Å². The lowest BCUT2D eigenvalue weighted by atomic mass is 9.75. The van der Waals surface area contributed by atoms with Crippen molar-refractivity contribution in [1.82, 2.24) is 10.2 Å². The van der Waals surface area contributed by atoms with Crippen LogP contribution in [0, 0.1) is 18.3 Å². The van der Waals surface area contributed by atoms with Gasteiger partial charge in [0.2, 0.25) is 0 Å². The van der Waals surface area contributed by atoms with Crippen LogP contribution in [0.1, 0.15) is 63.2 Å². The number of rotatable bonds is 1. The molecule has 122 valence electrons. The second-order valence-corrected chi connectivity index (χ2v) is 7.95. The van der Waals surface area contributed by atoms with Gasteiger partial charge < -0.3 is 14.6 Å².